The van der Waals surface area contributed by atoms with E-state index >= 15 is 0 Å². The van der Waals surface area contributed by atoms with Crippen LogP contribution in [0.5, 0.6) is 5.75 Å². The number of methoxy groups -OCH3 is 1. The van der Waals surface area contributed by atoms with Gasteiger partial charge in [0.05, 0.1) is 37.0 Å². The molecular formula is C81H77F15N26O4. The number of fused-ring (bicyclic) bond motifs is 5. The summed E-state index contributed by atoms with van der Waals surface area (Å²) < 4.78 is 207. The van der Waals surface area contributed by atoms with Crippen LogP contribution >= 0.6 is 0 Å². The van der Waals surface area contributed by atoms with Crippen molar-refractivity contribution in [1.29, 1.82) is 0 Å². The van der Waals surface area contributed by atoms with Gasteiger partial charge in [0.25, 0.3) is 0 Å². The standard InChI is InChI=1S/C17H18F3N5O2.C17H16F3N5O.C17H17F3N4O.2C15H13F3N6/c1-27-7-6-21-15-12(17(18,19)20)9-22-16(25-15)23-11-3-4-13-10(8-11)2-5-14(26)24-13;18-17(19,20)12-8-21-16(25-15(12)22-10-2-3-10)23-11-4-5-13-9(7-11)1-6-14(26)24-13;18-17(19,20)13-9-21-16(24-15(13)22-11-3-4-11)23-12-5-6-14-10(8-12)2-1-7-25-14;16-15(17,18)11-7-21-14(23-9-1-2-9)24-13(11)22-10-5-8-3-4-19-12(8)20-6-10;16-15(17,18)11-7-21-14(24-13(11)22-9-1-2-9)23-10-5-8-3-4-19-12(8)20-6-10/h3-4,8-9H,2,5-7H2,1H3,(H,24,26)(H2,21,22,23,25);4-5,7-8,10H,1-3,6H2,(H,24,26)(H2,21,22,23,25);5-6,8-9,11H,1-4,7H2,(H2,21,22,23,24);2*3-7,9H,1-2H2,(H,19,20)(H2,21,22,23,24). The van der Waals surface area contributed by atoms with Crippen molar-refractivity contribution >= 4 is 133 Å². The van der Waals surface area contributed by atoms with E-state index in [1.54, 1.807) is 61.1 Å². The number of anilines is 17. The number of carbonyl (C=O) groups excluding carboxylic acids is 2. The van der Waals surface area contributed by atoms with Crippen molar-refractivity contribution in [3.63, 3.8) is 0 Å². The third-order valence-corrected chi connectivity index (χ3v) is 19.7. The van der Waals surface area contributed by atoms with Crippen LogP contribution < -0.4 is 68.5 Å². The molecule has 0 bridgehead atoms. The number of hydrogen-bond donors (Lipinski definition) is 14. The summed E-state index contributed by atoms with van der Waals surface area (Å²) in [5, 5.41) is 35.7. The van der Waals surface area contributed by atoms with Gasteiger partial charge in [-0.2, -0.15) is 90.8 Å². The van der Waals surface area contributed by atoms with Crippen LogP contribution in [0.2, 0.25) is 0 Å². The smallest absolute Gasteiger partial charge is 0.421 e. The molecule has 45 heteroatoms. The highest BCUT2D eigenvalue weighted by atomic mass is 19.4. The first kappa shape index (κ1) is 87.0. The fourth-order valence-electron chi connectivity index (χ4n) is 12.8. The number of aromatic nitrogens is 14. The molecule has 12 aromatic rings. The average Bonchev–Trinajstić information content (AvgIpc) is 1.74. The van der Waals surface area contributed by atoms with Gasteiger partial charge in [-0.3, -0.25) is 9.59 Å². The molecule has 0 saturated heterocycles. The summed E-state index contributed by atoms with van der Waals surface area (Å²) in [6.45, 7) is 1.12. The van der Waals surface area contributed by atoms with E-state index in [0.29, 0.717) is 60.7 Å². The summed E-state index contributed by atoms with van der Waals surface area (Å²) >= 11 is 0. The van der Waals surface area contributed by atoms with Crippen molar-refractivity contribution in [3.8, 4) is 5.75 Å². The molecule has 14 N–H and O–H groups in total. The quantitative estimate of drug-likeness (QED) is 0.0221. The molecule has 19 rings (SSSR count). The lowest BCUT2D eigenvalue weighted by Gasteiger charge is -2.18. The summed E-state index contributed by atoms with van der Waals surface area (Å²) in [6, 6.07) is 23.7. The average molecular weight is 1760 g/mol. The van der Waals surface area contributed by atoms with Gasteiger partial charge in [0, 0.05) is 133 Å². The number of H-pyrrole nitrogens is 2. The van der Waals surface area contributed by atoms with Gasteiger partial charge in [0.15, 0.2) is 0 Å². The molecule has 2 amide bonds. The first-order valence-corrected chi connectivity index (χ1v) is 39.5. The second kappa shape index (κ2) is 36.9. The van der Waals surface area contributed by atoms with E-state index in [1.165, 1.54) is 13.3 Å². The van der Waals surface area contributed by atoms with Crippen molar-refractivity contribution < 1.29 is 84.9 Å². The maximum Gasteiger partial charge on any atom is 0.421 e. The third-order valence-electron chi connectivity index (χ3n) is 19.7. The number of pyridine rings is 2. The van der Waals surface area contributed by atoms with E-state index in [2.05, 4.69) is 134 Å². The lowest BCUT2D eigenvalue weighted by molar-refractivity contribution is -0.138. The fraction of sp³-hybridized carbons (Fsp3) is 0.333. The number of amides is 2. The van der Waals surface area contributed by atoms with E-state index in [-0.39, 0.29) is 108 Å². The molecule has 3 aromatic carbocycles. The van der Waals surface area contributed by atoms with Crippen molar-refractivity contribution in [2.45, 2.75) is 145 Å². The molecule has 0 atom stereocenters. The van der Waals surface area contributed by atoms with E-state index < -0.39 is 58.7 Å². The number of aromatic amines is 2. The third kappa shape index (κ3) is 23.5. The minimum atomic E-state index is -4.57. The zero-order valence-corrected chi connectivity index (χ0v) is 66.2. The molecule has 126 heavy (non-hydrogen) atoms. The van der Waals surface area contributed by atoms with Crippen LogP contribution in [0, 0.1) is 0 Å². The number of rotatable bonds is 22. The highest BCUT2D eigenvalue weighted by molar-refractivity contribution is 5.95. The highest BCUT2D eigenvalue weighted by Gasteiger charge is 2.42. The number of carbonyl (C=O) groups is 2. The summed E-state index contributed by atoms with van der Waals surface area (Å²) in [4.78, 5) is 76.0. The van der Waals surface area contributed by atoms with E-state index in [0.717, 1.165) is 151 Å². The van der Waals surface area contributed by atoms with Crippen LogP contribution in [0.4, 0.5) is 164 Å². The SMILES string of the molecule is COCCNc1nc(Nc2ccc3c(c2)CCC(=O)N3)ncc1C(F)(F)F.FC(F)(F)c1cnc(NC2CC2)nc1Nc1cnc2[nH]ccc2c1.FC(F)(F)c1cnc(Nc2ccc3c(c2)CCCO3)nc1NC1CC1.FC(F)(F)c1cnc(Nc2cnc3[nH]ccc3c2)nc1NC1CC1.O=C1CCc2cc(Nc3ncc(C(F)(F)F)c(NC4CC4)n3)ccc2N1. The van der Waals surface area contributed by atoms with Gasteiger partial charge < -0.3 is 83.2 Å². The Bertz CT molecular complexity index is 5920. The molecule has 9 aromatic heterocycles. The van der Waals surface area contributed by atoms with Gasteiger partial charge in [-0.25, -0.2) is 34.9 Å². The Kier molecular flexibility index (Phi) is 25.5. The van der Waals surface area contributed by atoms with Gasteiger partial charge >= 0.3 is 30.9 Å². The maximum atomic E-state index is 13.2. The second-order valence-corrected chi connectivity index (χ2v) is 29.9. The molecular weight excluding hydrogens is 1690 g/mol. The zero-order valence-electron chi connectivity index (χ0n) is 66.2. The normalized spacial score (nSPS) is 15.3. The van der Waals surface area contributed by atoms with Crippen LogP contribution in [-0.2, 0) is 64.5 Å². The minimum Gasteiger partial charge on any atom is -0.493 e. The lowest BCUT2D eigenvalue weighted by atomic mass is 10.0. The number of ether oxygens (including phenoxy) is 2. The number of nitrogens with zero attached hydrogens (tertiary/aromatic N) is 12. The zero-order chi connectivity index (χ0) is 88.7. The summed E-state index contributed by atoms with van der Waals surface area (Å²) in [6.07, 6.45) is -1.32. The molecule has 4 fully saturated rings. The monoisotopic (exact) mass is 1760 g/mol. The van der Waals surface area contributed by atoms with Crippen LogP contribution in [0.25, 0.3) is 22.1 Å². The first-order valence-electron chi connectivity index (χ1n) is 39.5. The van der Waals surface area contributed by atoms with Crippen LogP contribution in [0.15, 0.2) is 135 Å². The van der Waals surface area contributed by atoms with Crippen molar-refractivity contribution in [3.05, 3.63) is 179 Å². The minimum absolute atomic E-state index is 0.0277. The topological polar surface area (TPSA) is 383 Å². The van der Waals surface area contributed by atoms with Gasteiger partial charge in [-0.15, -0.1) is 0 Å². The summed E-state index contributed by atoms with van der Waals surface area (Å²) in [5.41, 5.74) is 4.39. The molecule has 660 valence electrons. The Hall–Kier alpha value is -13.9. The predicted molar refractivity (Wildman–Crippen MR) is 438 cm³/mol. The molecule has 3 aliphatic heterocycles. The Labute approximate surface area is 705 Å². The number of benzene rings is 3. The molecule has 12 heterocycles. The maximum absolute atomic E-state index is 13.2. The molecule has 0 unspecified atom stereocenters. The first-order chi connectivity index (χ1) is 60.2. The van der Waals surface area contributed by atoms with Gasteiger partial charge in [-0.1, -0.05) is 0 Å². The number of alkyl halides is 15. The van der Waals surface area contributed by atoms with Crippen molar-refractivity contribution in [1.82, 2.24) is 69.8 Å². The second-order valence-electron chi connectivity index (χ2n) is 29.9. The number of hydrogen-bond acceptors (Lipinski definition) is 26. The summed E-state index contributed by atoms with van der Waals surface area (Å²) in [5.74, 6) is 0.111. The van der Waals surface area contributed by atoms with Gasteiger partial charge in [0.2, 0.25) is 41.6 Å². The fourth-order valence-corrected chi connectivity index (χ4v) is 12.8. The van der Waals surface area contributed by atoms with Crippen LogP contribution in [0.3, 0.4) is 0 Å². The number of aryl methyl sites for hydroxylation is 3. The largest absolute Gasteiger partial charge is 0.493 e. The van der Waals surface area contributed by atoms with Crippen molar-refractivity contribution in [2.75, 3.05) is 90.7 Å². The molecule has 0 spiro atoms. The van der Waals surface area contributed by atoms with Crippen LogP contribution in [-0.4, -0.2) is 133 Å². The van der Waals surface area contributed by atoms with E-state index in [1.807, 2.05) is 36.4 Å². The number of halogens is 15. The van der Waals surface area contributed by atoms with Gasteiger partial charge in [-0.05, 0) is 173 Å². The Morgan fingerprint density at radius 2 is 0.746 bits per heavy atom. The van der Waals surface area contributed by atoms with E-state index in [9.17, 15) is 75.4 Å². The van der Waals surface area contributed by atoms with Crippen molar-refractivity contribution in [2.24, 2.45) is 0 Å². The molecule has 4 saturated carbocycles. The molecule has 4 aliphatic carbocycles. The Balaban J connectivity index is 0.000000122. The molecule has 7 aliphatic rings. The van der Waals surface area contributed by atoms with E-state index in [4.69, 9.17) is 9.47 Å². The molecule has 30 nitrogen and oxygen atoms in total. The predicted octanol–water partition coefficient (Wildman–Crippen LogP) is 18.4. The molecule has 0 radical (unpaired) electrons. The van der Waals surface area contributed by atoms with Crippen LogP contribution in [0.1, 0.15) is 115 Å². The number of nitrogens with one attached hydrogen (secondary N) is 14. The highest BCUT2D eigenvalue weighted by Crippen LogP contribution is 2.43. The van der Waals surface area contributed by atoms with Gasteiger partial charge in [0.1, 0.15) is 74.0 Å². The Morgan fingerprint density at radius 3 is 1.17 bits per heavy atom. The lowest BCUT2D eigenvalue weighted by Crippen LogP contribution is -2.19. The Morgan fingerprint density at radius 1 is 0.381 bits per heavy atom. The summed E-state index contributed by atoms with van der Waals surface area (Å²) in [7, 11) is 1.46.